The Morgan fingerprint density at radius 1 is 1.62 bits per heavy atom. The molecule has 0 aromatic heterocycles. The highest BCUT2D eigenvalue weighted by Crippen LogP contribution is 2.30. The predicted octanol–water partition coefficient (Wildman–Crippen LogP) is 1.06. The average molecular weight is 185 g/mol. The molecule has 0 aromatic rings. The monoisotopic (exact) mass is 185 g/mol. The molecule has 2 N–H and O–H groups in total. The summed E-state index contributed by atoms with van der Waals surface area (Å²) >= 11 is 0. The Labute approximate surface area is 79.5 Å². The van der Waals surface area contributed by atoms with Crippen LogP contribution >= 0.6 is 0 Å². The predicted molar refractivity (Wildman–Crippen MR) is 51.3 cm³/mol. The van der Waals surface area contributed by atoms with Crippen molar-refractivity contribution < 1.29 is 9.90 Å². The number of amides is 1. The van der Waals surface area contributed by atoms with Crippen LogP contribution in [0.4, 0.5) is 0 Å². The van der Waals surface area contributed by atoms with Crippen LogP contribution < -0.4 is 5.32 Å². The van der Waals surface area contributed by atoms with Gasteiger partial charge in [-0.05, 0) is 25.7 Å². The van der Waals surface area contributed by atoms with Crippen LogP contribution in [0.15, 0.2) is 0 Å². The summed E-state index contributed by atoms with van der Waals surface area (Å²) in [5.41, 5.74) is -0.594. The standard InChI is InChI=1S/C10H19NO2/c1-3-8(2)9(12)11-7-10(13)5-4-6-10/h8,13H,3-7H2,1-2H3,(H,11,12). The fourth-order valence-corrected chi connectivity index (χ4v) is 1.37. The number of aliphatic hydroxyl groups is 1. The minimum Gasteiger partial charge on any atom is -0.388 e. The fraction of sp³-hybridized carbons (Fsp3) is 0.900. The number of hydrogen-bond acceptors (Lipinski definition) is 2. The average Bonchev–Trinajstić information content (AvgIpc) is 2.09. The molecule has 1 fully saturated rings. The number of carbonyl (C=O) groups excluding carboxylic acids is 1. The SMILES string of the molecule is CCC(C)C(=O)NCC1(O)CCC1. The summed E-state index contributed by atoms with van der Waals surface area (Å²) in [6, 6.07) is 0. The summed E-state index contributed by atoms with van der Waals surface area (Å²) in [5, 5.41) is 12.5. The number of rotatable bonds is 4. The largest absolute Gasteiger partial charge is 0.388 e. The minimum absolute atomic E-state index is 0.0582. The van der Waals surface area contributed by atoms with E-state index < -0.39 is 5.60 Å². The summed E-state index contributed by atoms with van der Waals surface area (Å²) in [4.78, 5) is 11.3. The van der Waals surface area contributed by atoms with Gasteiger partial charge >= 0.3 is 0 Å². The molecule has 0 radical (unpaired) electrons. The Balaban J connectivity index is 2.21. The highest BCUT2D eigenvalue weighted by atomic mass is 16.3. The van der Waals surface area contributed by atoms with Crippen LogP contribution in [0.1, 0.15) is 39.5 Å². The van der Waals surface area contributed by atoms with Gasteiger partial charge in [-0.2, -0.15) is 0 Å². The van der Waals surface area contributed by atoms with E-state index in [1.54, 1.807) is 0 Å². The van der Waals surface area contributed by atoms with Gasteiger partial charge in [-0.15, -0.1) is 0 Å². The Hall–Kier alpha value is -0.570. The molecule has 1 unspecified atom stereocenters. The zero-order valence-corrected chi connectivity index (χ0v) is 8.47. The highest BCUT2D eigenvalue weighted by Gasteiger charge is 2.34. The van der Waals surface area contributed by atoms with E-state index in [0.29, 0.717) is 6.54 Å². The van der Waals surface area contributed by atoms with Crippen LogP contribution in [0.5, 0.6) is 0 Å². The first-order chi connectivity index (χ1) is 6.07. The Kier molecular flexibility index (Phi) is 3.31. The molecule has 0 aliphatic heterocycles. The maximum absolute atomic E-state index is 11.3. The van der Waals surface area contributed by atoms with Crippen LogP contribution in [0.2, 0.25) is 0 Å². The van der Waals surface area contributed by atoms with Gasteiger partial charge in [-0.1, -0.05) is 13.8 Å². The van der Waals surface area contributed by atoms with Gasteiger partial charge in [0.15, 0.2) is 0 Å². The van der Waals surface area contributed by atoms with Gasteiger partial charge in [0.25, 0.3) is 0 Å². The first-order valence-corrected chi connectivity index (χ1v) is 5.07. The first kappa shape index (κ1) is 10.5. The molecule has 1 aliphatic carbocycles. The summed E-state index contributed by atoms with van der Waals surface area (Å²) in [6.07, 6.45) is 3.58. The molecule has 0 saturated heterocycles. The third-order valence-electron chi connectivity index (χ3n) is 2.94. The van der Waals surface area contributed by atoms with Gasteiger partial charge in [0.05, 0.1) is 5.60 Å². The number of hydrogen-bond donors (Lipinski definition) is 2. The Morgan fingerprint density at radius 3 is 2.62 bits per heavy atom. The van der Waals surface area contributed by atoms with E-state index in [1.807, 2.05) is 13.8 Å². The van der Waals surface area contributed by atoms with Crippen LogP contribution in [-0.2, 0) is 4.79 Å². The second-order valence-corrected chi connectivity index (χ2v) is 4.10. The fourth-order valence-electron chi connectivity index (χ4n) is 1.37. The highest BCUT2D eigenvalue weighted by molar-refractivity contribution is 5.78. The van der Waals surface area contributed by atoms with E-state index >= 15 is 0 Å². The lowest BCUT2D eigenvalue weighted by Crippen LogP contribution is -2.48. The van der Waals surface area contributed by atoms with Crippen molar-refractivity contribution in [3.63, 3.8) is 0 Å². The number of nitrogens with one attached hydrogen (secondary N) is 1. The quantitative estimate of drug-likeness (QED) is 0.688. The van der Waals surface area contributed by atoms with Crippen molar-refractivity contribution in [2.75, 3.05) is 6.54 Å². The van der Waals surface area contributed by atoms with E-state index in [0.717, 1.165) is 25.7 Å². The lowest BCUT2D eigenvalue weighted by molar-refractivity contribution is -0.127. The van der Waals surface area contributed by atoms with Crippen molar-refractivity contribution in [3.8, 4) is 0 Å². The van der Waals surface area contributed by atoms with Crippen molar-refractivity contribution in [3.05, 3.63) is 0 Å². The lowest BCUT2D eigenvalue weighted by atomic mass is 9.80. The third kappa shape index (κ3) is 2.69. The summed E-state index contributed by atoms with van der Waals surface area (Å²) in [7, 11) is 0. The summed E-state index contributed by atoms with van der Waals surface area (Å²) in [6.45, 7) is 4.32. The zero-order valence-electron chi connectivity index (χ0n) is 8.47. The van der Waals surface area contributed by atoms with Crippen LogP contribution in [0, 0.1) is 5.92 Å². The van der Waals surface area contributed by atoms with E-state index in [9.17, 15) is 9.90 Å². The Bertz CT molecular complexity index is 187. The second kappa shape index (κ2) is 4.09. The molecule has 3 heteroatoms. The second-order valence-electron chi connectivity index (χ2n) is 4.10. The van der Waals surface area contributed by atoms with Crippen molar-refractivity contribution in [1.82, 2.24) is 5.32 Å². The van der Waals surface area contributed by atoms with Crippen LogP contribution in [0.3, 0.4) is 0 Å². The van der Waals surface area contributed by atoms with E-state index in [2.05, 4.69) is 5.32 Å². The van der Waals surface area contributed by atoms with E-state index in [4.69, 9.17) is 0 Å². The van der Waals surface area contributed by atoms with Crippen molar-refractivity contribution in [2.45, 2.75) is 45.1 Å². The normalized spacial score (nSPS) is 21.8. The molecule has 1 amide bonds. The van der Waals surface area contributed by atoms with Gasteiger partial charge in [-0.3, -0.25) is 4.79 Å². The van der Waals surface area contributed by atoms with Crippen molar-refractivity contribution >= 4 is 5.91 Å². The molecule has 3 nitrogen and oxygen atoms in total. The topological polar surface area (TPSA) is 49.3 Å². The molecule has 0 spiro atoms. The Morgan fingerprint density at radius 2 is 2.23 bits per heavy atom. The first-order valence-electron chi connectivity index (χ1n) is 5.07. The van der Waals surface area contributed by atoms with Gasteiger partial charge in [0.1, 0.15) is 0 Å². The molecular weight excluding hydrogens is 166 g/mol. The lowest BCUT2D eigenvalue weighted by Gasteiger charge is -2.36. The smallest absolute Gasteiger partial charge is 0.222 e. The van der Waals surface area contributed by atoms with Gasteiger partial charge in [-0.25, -0.2) is 0 Å². The molecule has 13 heavy (non-hydrogen) atoms. The van der Waals surface area contributed by atoms with E-state index in [1.165, 1.54) is 0 Å². The summed E-state index contributed by atoms with van der Waals surface area (Å²) in [5.74, 6) is 0.117. The van der Waals surface area contributed by atoms with Crippen LogP contribution in [-0.4, -0.2) is 23.2 Å². The maximum atomic E-state index is 11.3. The molecule has 1 saturated carbocycles. The molecule has 0 aromatic carbocycles. The van der Waals surface area contributed by atoms with E-state index in [-0.39, 0.29) is 11.8 Å². The molecule has 0 heterocycles. The van der Waals surface area contributed by atoms with Crippen molar-refractivity contribution in [2.24, 2.45) is 5.92 Å². The maximum Gasteiger partial charge on any atom is 0.222 e. The molecule has 1 rings (SSSR count). The molecule has 1 atom stereocenters. The van der Waals surface area contributed by atoms with Crippen molar-refractivity contribution in [1.29, 1.82) is 0 Å². The zero-order chi connectivity index (χ0) is 9.90. The van der Waals surface area contributed by atoms with Gasteiger partial charge in [0.2, 0.25) is 5.91 Å². The molecular formula is C10H19NO2. The minimum atomic E-state index is -0.594. The molecule has 76 valence electrons. The summed E-state index contributed by atoms with van der Waals surface area (Å²) < 4.78 is 0. The van der Waals surface area contributed by atoms with Gasteiger partial charge < -0.3 is 10.4 Å². The van der Waals surface area contributed by atoms with Gasteiger partial charge in [0, 0.05) is 12.5 Å². The van der Waals surface area contributed by atoms with Crippen LogP contribution in [0.25, 0.3) is 0 Å². The number of carbonyl (C=O) groups is 1. The molecule has 1 aliphatic rings. The third-order valence-corrected chi connectivity index (χ3v) is 2.94. The molecule has 0 bridgehead atoms.